The molecule has 0 aliphatic carbocycles. The van der Waals surface area contributed by atoms with Gasteiger partial charge in [0.1, 0.15) is 6.33 Å². The van der Waals surface area contributed by atoms with Gasteiger partial charge in [0.2, 0.25) is 0 Å². The monoisotopic (exact) mass is 268 g/mol. The maximum absolute atomic E-state index is 5.97. The Hall–Kier alpha value is -0.930. The largest absolute Gasteiger partial charge is 0.245 e. The molecule has 0 aliphatic heterocycles. The number of halogens is 2. The molecule has 4 heteroatoms. The minimum atomic E-state index is 0.682. The topological polar surface area (TPSA) is 25.8 Å². The lowest BCUT2D eigenvalue weighted by molar-refractivity contribution is 1.17. The van der Waals surface area contributed by atoms with Crippen molar-refractivity contribution in [3.8, 4) is 11.3 Å². The predicted octanol–water partition coefficient (Wildman–Crippen LogP) is 3.56. The number of hydrogen-bond donors (Lipinski definition) is 0. The molecule has 1 heterocycles. The Kier molecular flexibility index (Phi) is 2.79. The van der Waals surface area contributed by atoms with Crippen LogP contribution in [0.25, 0.3) is 11.3 Å². The molecule has 0 aliphatic rings. The highest BCUT2D eigenvalue weighted by atomic mass is 79.9. The number of aromatic nitrogens is 2. The van der Waals surface area contributed by atoms with Crippen LogP contribution in [0.15, 0.2) is 41.3 Å². The first kappa shape index (κ1) is 9.62. The van der Waals surface area contributed by atoms with Gasteiger partial charge in [-0.1, -0.05) is 17.7 Å². The van der Waals surface area contributed by atoms with Gasteiger partial charge >= 0.3 is 0 Å². The summed E-state index contributed by atoms with van der Waals surface area (Å²) in [6.07, 6.45) is 3.23. The summed E-state index contributed by atoms with van der Waals surface area (Å²) < 4.78 is 0.886. The molecular weight excluding hydrogens is 263 g/mol. The first-order chi connectivity index (χ1) is 6.77. The number of benzene rings is 1. The summed E-state index contributed by atoms with van der Waals surface area (Å²) in [5, 5.41) is 0.682. The zero-order valence-corrected chi connectivity index (χ0v) is 9.46. The average molecular weight is 270 g/mol. The van der Waals surface area contributed by atoms with Crippen molar-refractivity contribution in [2.45, 2.75) is 0 Å². The molecular formula is C10H6BrClN2. The quantitative estimate of drug-likeness (QED) is 0.791. The third-order valence-corrected chi connectivity index (χ3v) is 3.03. The summed E-state index contributed by atoms with van der Waals surface area (Å²) in [6.45, 7) is 0. The van der Waals surface area contributed by atoms with Gasteiger partial charge in [0.25, 0.3) is 0 Å². The van der Waals surface area contributed by atoms with E-state index < -0.39 is 0 Å². The van der Waals surface area contributed by atoms with Gasteiger partial charge in [0, 0.05) is 16.2 Å². The van der Waals surface area contributed by atoms with E-state index >= 15 is 0 Å². The summed E-state index contributed by atoms with van der Waals surface area (Å²) in [7, 11) is 0. The summed E-state index contributed by atoms with van der Waals surface area (Å²) in [6, 6.07) is 7.58. The molecule has 0 atom stereocenters. The Morgan fingerprint density at radius 2 is 2.07 bits per heavy atom. The number of hydrogen-bond acceptors (Lipinski definition) is 2. The van der Waals surface area contributed by atoms with Crippen molar-refractivity contribution < 1.29 is 0 Å². The van der Waals surface area contributed by atoms with Crippen molar-refractivity contribution in [1.29, 1.82) is 0 Å². The third-order valence-electron chi connectivity index (χ3n) is 1.80. The van der Waals surface area contributed by atoms with Crippen LogP contribution < -0.4 is 0 Å². The molecule has 2 rings (SSSR count). The van der Waals surface area contributed by atoms with Crippen LogP contribution in [0, 0.1) is 0 Å². The molecule has 0 amide bonds. The minimum absolute atomic E-state index is 0.682. The first-order valence-corrected chi connectivity index (χ1v) is 5.16. The van der Waals surface area contributed by atoms with Crippen LogP contribution in [0.5, 0.6) is 0 Å². The molecule has 14 heavy (non-hydrogen) atoms. The Morgan fingerprint density at radius 3 is 2.71 bits per heavy atom. The maximum Gasteiger partial charge on any atom is 0.116 e. The van der Waals surface area contributed by atoms with Crippen molar-refractivity contribution >= 4 is 27.5 Å². The molecule has 0 saturated heterocycles. The van der Waals surface area contributed by atoms with Gasteiger partial charge in [-0.05, 0) is 34.1 Å². The molecule has 0 fully saturated rings. The van der Waals surface area contributed by atoms with E-state index in [1.165, 1.54) is 6.33 Å². The molecule has 0 N–H and O–H groups in total. The lowest BCUT2D eigenvalue weighted by atomic mass is 10.1. The van der Waals surface area contributed by atoms with Crippen LogP contribution in [0.3, 0.4) is 0 Å². The fourth-order valence-corrected chi connectivity index (χ4v) is 1.54. The molecule has 0 spiro atoms. The zero-order chi connectivity index (χ0) is 9.97. The molecule has 70 valence electrons. The summed E-state index contributed by atoms with van der Waals surface area (Å²) in [5.74, 6) is 0. The van der Waals surface area contributed by atoms with Gasteiger partial charge in [-0.3, -0.25) is 0 Å². The minimum Gasteiger partial charge on any atom is -0.245 e. The molecule has 1 aromatic heterocycles. The maximum atomic E-state index is 5.97. The standard InChI is InChI=1S/C10H6BrClN2/c11-8-2-1-7(5-9(8)12)10-3-4-13-6-14-10/h1-6H. The van der Waals surface area contributed by atoms with Crippen LogP contribution >= 0.6 is 27.5 Å². The number of rotatable bonds is 1. The summed E-state index contributed by atoms with van der Waals surface area (Å²) >= 11 is 9.31. The zero-order valence-electron chi connectivity index (χ0n) is 7.11. The van der Waals surface area contributed by atoms with E-state index in [0.29, 0.717) is 5.02 Å². The Bertz CT molecular complexity index is 445. The van der Waals surface area contributed by atoms with Gasteiger partial charge in [-0.15, -0.1) is 0 Å². The molecule has 2 nitrogen and oxygen atoms in total. The lowest BCUT2D eigenvalue weighted by Crippen LogP contribution is -1.83. The van der Waals surface area contributed by atoms with Gasteiger partial charge in [0.15, 0.2) is 0 Å². The highest BCUT2D eigenvalue weighted by Crippen LogP contribution is 2.27. The van der Waals surface area contributed by atoms with Crippen LogP contribution in [-0.4, -0.2) is 9.97 Å². The van der Waals surface area contributed by atoms with Crippen LogP contribution in [-0.2, 0) is 0 Å². The summed E-state index contributed by atoms with van der Waals surface area (Å²) in [5.41, 5.74) is 1.86. The van der Waals surface area contributed by atoms with E-state index in [9.17, 15) is 0 Å². The van der Waals surface area contributed by atoms with Crippen LogP contribution in [0.4, 0.5) is 0 Å². The third kappa shape index (κ3) is 1.94. The van der Waals surface area contributed by atoms with E-state index in [4.69, 9.17) is 11.6 Å². The average Bonchev–Trinajstić information content (AvgIpc) is 2.23. The predicted molar refractivity (Wildman–Crippen MR) is 60.2 cm³/mol. The Balaban J connectivity index is 2.48. The lowest BCUT2D eigenvalue weighted by Gasteiger charge is -2.01. The Morgan fingerprint density at radius 1 is 1.21 bits per heavy atom. The SMILES string of the molecule is Clc1cc(-c2ccncn2)ccc1Br. The fourth-order valence-electron chi connectivity index (χ4n) is 1.12. The second-order valence-corrected chi connectivity index (χ2v) is 3.99. The second kappa shape index (κ2) is 4.07. The molecule has 0 unspecified atom stereocenters. The van der Waals surface area contributed by atoms with Gasteiger partial charge in [-0.25, -0.2) is 9.97 Å². The van der Waals surface area contributed by atoms with Gasteiger partial charge in [0.05, 0.1) is 10.7 Å². The molecule has 2 aromatic rings. The van der Waals surface area contributed by atoms with E-state index in [1.54, 1.807) is 6.20 Å². The van der Waals surface area contributed by atoms with E-state index in [0.717, 1.165) is 15.7 Å². The molecule has 1 aromatic carbocycles. The highest BCUT2D eigenvalue weighted by Gasteiger charge is 2.01. The smallest absolute Gasteiger partial charge is 0.116 e. The van der Waals surface area contributed by atoms with Crippen molar-refractivity contribution in [3.05, 3.63) is 46.3 Å². The highest BCUT2D eigenvalue weighted by molar-refractivity contribution is 9.10. The second-order valence-electron chi connectivity index (χ2n) is 2.72. The van der Waals surface area contributed by atoms with Crippen molar-refractivity contribution in [2.24, 2.45) is 0 Å². The van der Waals surface area contributed by atoms with Gasteiger partial charge < -0.3 is 0 Å². The van der Waals surface area contributed by atoms with E-state index in [2.05, 4.69) is 25.9 Å². The first-order valence-electron chi connectivity index (χ1n) is 3.99. The fraction of sp³-hybridized carbons (Fsp3) is 0. The normalized spacial score (nSPS) is 10.1. The van der Waals surface area contributed by atoms with Crippen molar-refractivity contribution in [3.63, 3.8) is 0 Å². The van der Waals surface area contributed by atoms with Crippen molar-refractivity contribution in [1.82, 2.24) is 9.97 Å². The van der Waals surface area contributed by atoms with Crippen LogP contribution in [0.1, 0.15) is 0 Å². The van der Waals surface area contributed by atoms with Crippen molar-refractivity contribution in [2.75, 3.05) is 0 Å². The van der Waals surface area contributed by atoms with E-state index in [1.807, 2.05) is 24.3 Å². The summed E-state index contributed by atoms with van der Waals surface area (Å²) in [4.78, 5) is 7.99. The van der Waals surface area contributed by atoms with E-state index in [-0.39, 0.29) is 0 Å². The van der Waals surface area contributed by atoms with Crippen LogP contribution in [0.2, 0.25) is 5.02 Å². The van der Waals surface area contributed by atoms with Gasteiger partial charge in [-0.2, -0.15) is 0 Å². The molecule has 0 saturated carbocycles. The molecule has 0 radical (unpaired) electrons. The molecule has 0 bridgehead atoms. The number of nitrogens with zero attached hydrogens (tertiary/aromatic N) is 2. The Labute approximate surface area is 95.1 Å².